The van der Waals surface area contributed by atoms with Crippen molar-refractivity contribution in [1.82, 2.24) is 24.3 Å². The normalized spacial score (nSPS) is 14.9. The molecule has 0 unspecified atom stereocenters. The highest BCUT2D eigenvalue weighted by molar-refractivity contribution is 5.89. The average Bonchev–Trinajstić information content (AvgIpc) is 2.83. The van der Waals surface area contributed by atoms with E-state index in [4.69, 9.17) is 10.8 Å². The van der Waals surface area contributed by atoms with Crippen molar-refractivity contribution in [1.29, 1.82) is 0 Å². The number of hydrogen-bond acceptors (Lipinski definition) is 8. The molecule has 0 spiro atoms. The first-order chi connectivity index (χ1) is 16.9. The summed E-state index contributed by atoms with van der Waals surface area (Å²) in [6.07, 6.45) is 3.75. The number of nitrogens with zero attached hydrogens (tertiary/aromatic N) is 5. The van der Waals surface area contributed by atoms with Gasteiger partial charge in [-0.2, -0.15) is 4.98 Å². The predicted molar refractivity (Wildman–Crippen MR) is 137 cm³/mol. The minimum atomic E-state index is -0.778. The molecule has 1 aromatic carbocycles. The second-order valence-corrected chi connectivity index (χ2v) is 8.98. The van der Waals surface area contributed by atoms with Crippen LogP contribution in [0.15, 0.2) is 41.3 Å². The molecule has 0 bridgehead atoms. The van der Waals surface area contributed by atoms with E-state index >= 15 is 0 Å². The first-order valence-corrected chi connectivity index (χ1v) is 12.1. The highest BCUT2D eigenvalue weighted by atomic mass is 16.4. The summed E-state index contributed by atoms with van der Waals surface area (Å²) in [6, 6.07) is 10.1. The summed E-state index contributed by atoms with van der Waals surface area (Å²) in [5, 5.41) is 12.6. The first-order valence-electron chi connectivity index (χ1n) is 12.1. The van der Waals surface area contributed by atoms with Gasteiger partial charge in [0.15, 0.2) is 0 Å². The summed E-state index contributed by atoms with van der Waals surface area (Å²) >= 11 is 0. The Labute approximate surface area is 204 Å². The van der Waals surface area contributed by atoms with Gasteiger partial charge in [-0.3, -0.25) is 19.4 Å². The van der Waals surface area contributed by atoms with Crippen molar-refractivity contribution in [3.63, 3.8) is 0 Å². The molecule has 10 nitrogen and oxygen atoms in total. The fraction of sp³-hybridized carbons (Fsp3) is 0.440. The standard InChI is InChI=1S/C25H33N7O3/c1-2-3-9-27-23-22-20(28-25(26)29-23)8-10-32(24(22)35)16-19-6-4-18(5-7-19)15-30-11-13-31(14-12-30)17-21(33)34/h4-8,10H,2-3,9,11-17H2,1H3,(H,33,34)(H3,26,27,28,29). The number of aromatic nitrogens is 3. The number of hydrogen-bond donors (Lipinski definition) is 3. The number of nitrogens with one attached hydrogen (secondary N) is 1. The zero-order chi connectivity index (χ0) is 24.8. The fourth-order valence-electron chi connectivity index (χ4n) is 4.34. The Morgan fingerprint density at radius 1 is 1.03 bits per heavy atom. The van der Waals surface area contributed by atoms with Crippen LogP contribution in [-0.4, -0.2) is 74.7 Å². The van der Waals surface area contributed by atoms with Gasteiger partial charge >= 0.3 is 5.97 Å². The van der Waals surface area contributed by atoms with Gasteiger partial charge in [-0.15, -0.1) is 0 Å². The molecule has 0 atom stereocenters. The third-order valence-electron chi connectivity index (χ3n) is 6.27. The van der Waals surface area contributed by atoms with E-state index in [1.54, 1.807) is 16.8 Å². The Hall–Kier alpha value is -3.50. The van der Waals surface area contributed by atoms with Gasteiger partial charge in [0.2, 0.25) is 5.95 Å². The second-order valence-electron chi connectivity index (χ2n) is 8.98. The summed E-state index contributed by atoms with van der Waals surface area (Å²) in [7, 11) is 0. The number of nitrogens with two attached hydrogens (primary N) is 1. The quantitative estimate of drug-likeness (QED) is 0.373. The van der Waals surface area contributed by atoms with E-state index in [0.29, 0.717) is 29.8 Å². The number of nitrogen functional groups attached to an aromatic ring is 1. The number of carbonyl (C=O) groups is 1. The summed E-state index contributed by atoms with van der Waals surface area (Å²) < 4.78 is 1.67. The summed E-state index contributed by atoms with van der Waals surface area (Å²) in [4.78, 5) is 37.0. The number of unbranched alkanes of at least 4 members (excludes halogenated alkanes) is 1. The molecule has 3 heterocycles. The molecule has 4 N–H and O–H groups in total. The van der Waals surface area contributed by atoms with E-state index < -0.39 is 5.97 Å². The largest absolute Gasteiger partial charge is 0.480 e. The second kappa shape index (κ2) is 11.3. The van der Waals surface area contributed by atoms with Crippen LogP contribution in [0.25, 0.3) is 10.9 Å². The van der Waals surface area contributed by atoms with Crippen molar-refractivity contribution >= 4 is 28.6 Å². The van der Waals surface area contributed by atoms with Crippen LogP contribution in [0.2, 0.25) is 0 Å². The van der Waals surface area contributed by atoms with Crippen LogP contribution in [0, 0.1) is 0 Å². The molecule has 186 valence electrons. The van der Waals surface area contributed by atoms with Crippen molar-refractivity contribution in [2.24, 2.45) is 0 Å². The highest BCUT2D eigenvalue weighted by Crippen LogP contribution is 2.18. The minimum Gasteiger partial charge on any atom is -0.480 e. The van der Waals surface area contributed by atoms with E-state index in [1.165, 1.54) is 5.56 Å². The van der Waals surface area contributed by atoms with Crippen molar-refractivity contribution < 1.29 is 9.90 Å². The summed E-state index contributed by atoms with van der Waals surface area (Å²) in [6.45, 7) is 7.42. The van der Waals surface area contributed by atoms with Gasteiger partial charge in [-0.25, -0.2) is 4.98 Å². The van der Waals surface area contributed by atoms with Crippen LogP contribution in [0.4, 0.5) is 11.8 Å². The molecule has 0 amide bonds. The van der Waals surface area contributed by atoms with E-state index in [2.05, 4.69) is 39.2 Å². The van der Waals surface area contributed by atoms with Gasteiger partial charge in [-0.05, 0) is 23.6 Å². The Bertz CT molecular complexity index is 1220. The van der Waals surface area contributed by atoms with Crippen molar-refractivity contribution in [3.8, 4) is 0 Å². The van der Waals surface area contributed by atoms with Crippen LogP contribution < -0.4 is 16.6 Å². The number of anilines is 2. The van der Waals surface area contributed by atoms with Gasteiger partial charge in [0.25, 0.3) is 5.56 Å². The van der Waals surface area contributed by atoms with E-state index in [-0.39, 0.29) is 18.1 Å². The molecule has 2 aromatic heterocycles. The number of pyridine rings is 1. The molecule has 4 rings (SSSR count). The lowest BCUT2D eigenvalue weighted by Gasteiger charge is -2.33. The van der Waals surface area contributed by atoms with Gasteiger partial charge in [-0.1, -0.05) is 37.6 Å². The molecule has 1 aliphatic heterocycles. The molecule has 0 radical (unpaired) electrons. The monoisotopic (exact) mass is 479 g/mol. The lowest BCUT2D eigenvalue weighted by Crippen LogP contribution is -2.47. The Kier molecular flexibility index (Phi) is 7.94. The van der Waals surface area contributed by atoms with Crippen LogP contribution in [0.5, 0.6) is 0 Å². The van der Waals surface area contributed by atoms with Gasteiger partial charge in [0.1, 0.15) is 11.2 Å². The molecular weight excluding hydrogens is 446 g/mol. The van der Waals surface area contributed by atoms with Gasteiger partial charge in [0, 0.05) is 45.5 Å². The Morgan fingerprint density at radius 2 is 1.69 bits per heavy atom. The topological polar surface area (TPSA) is 130 Å². The van der Waals surface area contributed by atoms with E-state index in [0.717, 1.165) is 51.1 Å². The Balaban J connectivity index is 1.43. The molecule has 1 fully saturated rings. The number of benzene rings is 1. The van der Waals surface area contributed by atoms with Crippen molar-refractivity contribution in [2.75, 3.05) is 50.3 Å². The molecule has 1 saturated heterocycles. The van der Waals surface area contributed by atoms with Crippen molar-refractivity contribution in [3.05, 3.63) is 58.0 Å². The summed E-state index contributed by atoms with van der Waals surface area (Å²) in [5.41, 5.74) is 8.46. The molecule has 1 aliphatic rings. The highest BCUT2D eigenvalue weighted by Gasteiger charge is 2.18. The fourth-order valence-corrected chi connectivity index (χ4v) is 4.34. The molecule has 0 aliphatic carbocycles. The van der Waals surface area contributed by atoms with E-state index in [1.807, 2.05) is 17.0 Å². The van der Waals surface area contributed by atoms with Crippen LogP contribution >= 0.6 is 0 Å². The minimum absolute atomic E-state index is 0.104. The number of piperazine rings is 1. The molecule has 3 aromatic rings. The van der Waals surface area contributed by atoms with Gasteiger partial charge in [0.05, 0.1) is 18.6 Å². The zero-order valence-corrected chi connectivity index (χ0v) is 20.1. The molecule has 35 heavy (non-hydrogen) atoms. The van der Waals surface area contributed by atoms with Crippen LogP contribution in [0.1, 0.15) is 30.9 Å². The average molecular weight is 480 g/mol. The van der Waals surface area contributed by atoms with Crippen molar-refractivity contribution in [2.45, 2.75) is 32.9 Å². The number of fused-ring (bicyclic) bond motifs is 1. The smallest absolute Gasteiger partial charge is 0.317 e. The maximum absolute atomic E-state index is 13.3. The third kappa shape index (κ3) is 6.34. The number of carboxylic acids is 1. The molecule has 0 saturated carbocycles. The number of carboxylic acid groups (broad SMARTS) is 1. The van der Waals surface area contributed by atoms with Crippen LogP contribution in [-0.2, 0) is 17.9 Å². The third-order valence-corrected chi connectivity index (χ3v) is 6.27. The van der Waals surface area contributed by atoms with Crippen LogP contribution in [0.3, 0.4) is 0 Å². The number of rotatable bonds is 10. The SMILES string of the molecule is CCCCNc1nc(N)nc2ccn(Cc3ccc(CN4CCN(CC(=O)O)CC4)cc3)c(=O)c12. The van der Waals surface area contributed by atoms with E-state index in [9.17, 15) is 9.59 Å². The zero-order valence-electron chi connectivity index (χ0n) is 20.1. The maximum atomic E-state index is 13.3. The molecule has 10 heteroatoms. The predicted octanol–water partition coefficient (Wildman–Crippen LogP) is 1.84. The summed E-state index contributed by atoms with van der Waals surface area (Å²) in [5.74, 6) is -0.146. The Morgan fingerprint density at radius 3 is 2.34 bits per heavy atom. The van der Waals surface area contributed by atoms with Gasteiger partial charge < -0.3 is 20.7 Å². The lowest BCUT2D eigenvalue weighted by molar-refractivity contribution is -0.138. The number of aliphatic carboxylic acids is 1. The lowest BCUT2D eigenvalue weighted by atomic mass is 10.1. The maximum Gasteiger partial charge on any atom is 0.317 e. The molecular formula is C25H33N7O3. The first kappa shape index (κ1) is 24.6.